The van der Waals surface area contributed by atoms with Crippen LogP contribution in [-0.4, -0.2) is 45.4 Å². The topological polar surface area (TPSA) is 95.5 Å². The summed E-state index contributed by atoms with van der Waals surface area (Å²) in [6.45, 7) is 3.58. The summed E-state index contributed by atoms with van der Waals surface area (Å²) in [6, 6.07) is -1.44. The molecule has 7 heteroatoms. The Bertz CT molecular complexity index is 283. The third-order valence-corrected chi connectivity index (χ3v) is 3.49. The number of aliphatic carboxylic acids is 1. The highest BCUT2D eigenvalue weighted by atomic mass is 32.2. The minimum atomic E-state index is -1.09. The molecule has 0 aromatic rings. The number of amides is 2. The van der Waals surface area contributed by atoms with E-state index in [0.717, 1.165) is 0 Å². The Kier molecular flexibility index (Phi) is 6.71. The van der Waals surface area contributed by atoms with Crippen molar-refractivity contribution >= 4 is 22.8 Å². The van der Waals surface area contributed by atoms with Crippen LogP contribution in [0.25, 0.3) is 0 Å². The lowest BCUT2D eigenvalue weighted by Gasteiger charge is -2.12. The molecule has 3 atom stereocenters. The number of carboxylic acid groups (broad SMARTS) is 1. The minimum Gasteiger partial charge on any atom is -0.480 e. The smallest absolute Gasteiger partial charge is 0.325 e. The fourth-order valence-corrected chi connectivity index (χ4v) is 1.31. The summed E-state index contributed by atoms with van der Waals surface area (Å²) in [6.07, 6.45) is 2.20. The Morgan fingerprint density at radius 3 is 2.38 bits per heavy atom. The summed E-state index contributed by atoms with van der Waals surface area (Å²) in [4.78, 5) is 21.6. The van der Waals surface area contributed by atoms with E-state index in [-0.39, 0.29) is 5.25 Å². The largest absolute Gasteiger partial charge is 0.480 e. The molecule has 2 amide bonds. The van der Waals surface area contributed by atoms with Gasteiger partial charge in [0.1, 0.15) is 6.04 Å². The molecule has 16 heavy (non-hydrogen) atoms. The Hall–Kier alpha value is -1.11. The lowest BCUT2D eigenvalue weighted by atomic mass is 10.3. The molecule has 0 spiro atoms. The highest BCUT2D eigenvalue weighted by Crippen LogP contribution is 1.96. The zero-order valence-electron chi connectivity index (χ0n) is 9.65. The second-order valence-corrected chi connectivity index (χ2v) is 5.36. The molecular formula is C9H18N2O4S. The van der Waals surface area contributed by atoms with Crippen LogP contribution in [0.1, 0.15) is 20.3 Å². The van der Waals surface area contributed by atoms with Crippen molar-refractivity contribution < 1.29 is 18.9 Å². The summed E-state index contributed by atoms with van der Waals surface area (Å²) in [7, 11) is -0.909. The van der Waals surface area contributed by atoms with E-state index in [0.29, 0.717) is 13.0 Å². The van der Waals surface area contributed by atoms with Gasteiger partial charge >= 0.3 is 12.0 Å². The maximum absolute atomic E-state index is 11.1. The van der Waals surface area contributed by atoms with Crippen molar-refractivity contribution in [2.24, 2.45) is 0 Å². The molecule has 0 saturated carbocycles. The van der Waals surface area contributed by atoms with Crippen molar-refractivity contribution in [3.63, 3.8) is 0 Å². The van der Waals surface area contributed by atoms with Crippen LogP contribution in [0.3, 0.4) is 0 Å². The molecule has 2 unspecified atom stereocenters. The Labute approximate surface area is 97.3 Å². The van der Waals surface area contributed by atoms with Gasteiger partial charge in [-0.15, -0.1) is 0 Å². The van der Waals surface area contributed by atoms with Crippen molar-refractivity contribution in [1.29, 1.82) is 0 Å². The van der Waals surface area contributed by atoms with E-state index in [1.54, 1.807) is 6.26 Å². The van der Waals surface area contributed by atoms with E-state index >= 15 is 0 Å². The molecular weight excluding hydrogens is 232 g/mol. The first-order valence-corrected chi connectivity index (χ1v) is 6.56. The van der Waals surface area contributed by atoms with Crippen LogP contribution >= 0.6 is 0 Å². The van der Waals surface area contributed by atoms with Crippen LogP contribution < -0.4 is 10.6 Å². The summed E-state index contributed by atoms with van der Waals surface area (Å²) in [5, 5.41) is 13.3. The van der Waals surface area contributed by atoms with Crippen LogP contribution in [0, 0.1) is 0 Å². The molecule has 94 valence electrons. The fourth-order valence-electron chi connectivity index (χ4n) is 0.864. The van der Waals surface area contributed by atoms with E-state index < -0.39 is 28.8 Å². The van der Waals surface area contributed by atoms with Crippen molar-refractivity contribution in [3.8, 4) is 0 Å². The number of carbonyl (C=O) groups is 2. The van der Waals surface area contributed by atoms with Crippen molar-refractivity contribution in [3.05, 3.63) is 0 Å². The monoisotopic (exact) mass is 250 g/mol. The van der Waals surface area contributed by atoms with Crippen LogP contribution in [0.5, 0.6) is 0 Å². The normalized spacial score (nSPS) is 15.9. The molecule has 0 aliphatic heterocycles. The van der Waals surface area contributed by atoms with E-state index in [2.05, 4.69) is 10.6 Å². The highest BCUT2D eigenvalue weighted by Gasteiger charge is 2.13. The predicted octanol–water partition coefficient (Wildman–Crippen LogP) is -0.0842. The molecule has 0 heterocycles. The van der Waals surface area contributed by atoms with Gasteiger partial charge in [-0.05, 0) is 13.3 Å². The first-order valence-electron chi connectivity index (χ1n) is 4.94. The standard InChI is InChI=1S/C9H18N2O4S/c1-6(16(3)15)4-5-10-9(14)11-7(2)8(12)13/h6-7H,4-5H2,1-3H3,(H,12,13)(H2,10,11,14)/t6?,7-,16?/m1/s1. The number of urea groups is 1. The van der Waals surface area contributed by atoms with Gasteiger partial charge in [-0.25, -0.2) is 4.79 Å². The number of hydrogen-bond acceptors (Lipinski definition) is 3. The quantitative estimate of drug-likeness (QED) is 0.614. The van der Waals surface area contributed by atoms with Gasteiger partial charge in [-0.3, -0.25) is 9.00 Å². The molecule has 0 fully saturated rings. The van der Waals surface area contributed by atoms with Crippen LogP contribution in [0.15, 0.2) is 0 Å². The SMILES string of the molecule is CC(CCNC(=O)N[C@H](C)C(=O)O)S(C)=O. The molecule has 3 N–H and O–H groups in total. The minimum absolute atomic E-state index is 0.0113. The number of hydrogen-bond donors (Lipinski definition) is 3. The molecule has 0 aliphatic carbocycles. The summed E-state index contributed by atoms with van der Waals surface area (Å²) < 4.78 is 11.0. The Morgan fingerprint density at radius 1 is 1.38 bits per heavy atom. The van der Waals surface area contributed by atoms with Crippen molar-refractivity contribution in [2.75, 3.05) is 12.8 Å². The van der Waals surface area contributed by atoms with Gasteiger partial charge in [0, 0.05) is 28.9 Å². The van der Waals surface area contributed by atoms with Gasteiger partial charge in [-0.2, -0.15) is 0 Å². The van der Waals surface area contributed by atoms with E-state index in [1.807, 2.05) is 6.92 Å². The zero-order chi connectivity index (χ0) is 12.7. The third-order valence-electron chi connectivity index (χ3n) is 2.12. The number of carboxylic acids is 1. The van der Waals surface area contributed by atoms with Crippen LogP contribution in [0.2, 0.25) is 0 Å². The molecule has 0 aliphatic rings. The van der Waals surface area contributed by atoms with Gasteiger partial charge in [0.2, 0.25) is 0 Å². The van der Waals surface area contributed by atoms with Crippen LogP contribution in [-0.2, 0) is 15.6 Å². The van der Waals surface area contributed by atoms with E-state index in [1.165, 1.54) is 6.92 Å². The molecule has 0 rings (SSSR count). The van der Waals surface area contributed by atoms with Gasteiger partial charge < -0.3 is 15.7 Å². The summed E-state index contributed by atoms with van der Waals surface area (Å²) >= 11 is 0. The second-order valence-electron chi connectivity index (χ2n) is 3.56. The van der Waals surface area contributed by atoms with Gasteiger partial charge in [0.25, 0.3) is 0 Å². The average Bonchev–Trinajstić information content (AvgIpc) is 2.16. The first kappa shape index (κ1) is 14.9. The second kappa shape index (κ2) is 7.21. The fraction of sp³-hybridized carbons (Fsp3) is 0.778. The average molecular weight is 250 g/mol. The number of carbonyl (C=O) groups excluding carboxylic acids is 1. The van der Waals surface area contributed by atoms with Crippen molar-refractivity contribution in [2.45, 2.75) is 31.6 Å². The Balaban J connectivity index is 3.74. The zero-order valence-corrected chi connectivity index (χ0v) is 10.5. The molecule has 0 bridgehead atoms. The third kappa shape index (κ3) is 6.39. The van der Waals surface area contributed by atoms with Gasteiger partial charge in [0.15, 0.2) is 0 Å². The van der Waals surface area contributed by atoms with Crippen LogP contribution in [0.4, 0.5) is 4.79 Å². The van der Waals surface area contributed by atoms with Gasteiger partial charge in [0.05, 0.1) is 0 Å². The van der Waals surface area contributed by atoms with Gasteiger partial charge in [-0.1, -0.05) is 6.92 Å². The number of rotatable bonds is 6. The summed E-state index contributed by atoms with van der Waals surface area (Å²) in [5.41, 5.74) is 0. The molecule has 0 saturated heterocycles. The van der Waals surface area contributed by atoms with Crippen molar-refractivity contribution in [1.82, 2.24) is 10.6 Å². The highest BCUT2D eigenvalue weighted by molar-refractivity contribution is 7.84. The molecule has 0 aromatic carbocycles. The summed E-state index contributed by atoms with van der Waals surface area (Å²) in [5.74, 6) is -1.09. The first-order chi connectivity index (χ1) is 7.34. The molecule has 0 radical (unpaired) electrons. The maximum Gasteiger partial charge on any atom is 0.325 e. The maximum atomic E-state index is 11.1. The number of nitrogens with one attached hydrogen (secondary N) is 2. The lowest BCUT2D eigenvalue weighted by molar-refractivity contribution is -0.138. The molecule has 0 aromatic heterocycles. The Morgan fingerprint density at radius 2 is 1.94 bits per heavy atom. The van der Waals surface area contributed by atoms with E-state index in [4.69, 9.17) is 5.11 Å². The predicted molar refractivity (Wildman–Crippen MR) is 61.8 cm³/mol. The van der Waals surface area contributed by atoms with E-state index in [9.17, 15) is 13.8 Å². The lowest BCUT2D eigenvalue weighted by Crippen LogP contribution is -2.44. The molecule has 6 nitrogen and oxygen atoms in total.